The second-order valence-electron chi connectivity index (χ2n) is 5.36. The van der Waals surface area contributed by atoms with Crippen molar-refractivity contribution in [1.82, 2.24) is 15.5 Å². The van der Waals surface area contributed by atoms with Gasteiger partial charge in [-0.15, -0.1) is 0 Å². The smallest absolute Gasteiger partial charge is 0.315 e. The van der Waals surface area contributed by atoms with Gasteiger partial charge in [0.1, 0.15) is 0 Å². The van der Waals surface area contributed by atoms with Crippen molar-refractivity contribution in [3.05, 3.63) is 0 Å². The highest BCUT2D eigenvalue weighted by molar-refractivity contribution is 5.74. The molecular formula is C12H25N3O. The Morgan fingerprint density at radius 1 is 1.38 bits per heavy atom. The van der Waals surface area contributed by atoms with Gasteiger partial charge in [-0.3, -0.25) is 0 Å². The fourth-order valence-corrected chi connectivity index (χ4v) is 1.76. The molecule has 0 aromatic heterocycles. The van der Waals surface area contributed by atoms with E-state index in [2.05, 4.69) is 29.4 Å². The van der Waals surface area contributed by atoms with E-state index in [1.54, 1.807) is 0 Å². The zero-order valence-corrected chi connectivity index (χ0v) is 10.9. The molecule has 0 radical (unpaired) electrons. The molecule has 1 unspecified atom stereocenters. The van der Waals surface area contributed by atoms with Gasteiger partial charge in [0.05, 0.1) is 0 Å². The van der Waals surface area contributed by atoms with Crippen LogP contribution in [-0.2, 0) is 0 Å². The van der Waals surface area contributed by atoms with Gasteiger partial charge in [0.15, 0.2) is 0 Å². The molecule has 1 aliphatic rings. The van der Waals surface area contributed by atoms with Crippen molar-refractivity contribution in [3.63, 3.8) is 0 Å². The highest BCUT2D eigenvalue weighted by Gasteiger charge is 2.22. The molecule has 0 bridgehead atoms. The first-order valence-corrected chi connectivity index (χ1v) is 6.20. The Kier molecular flexibility index (Phi) is 5.06. The monoisotopic (exact) mass is 227 g/mol. The van der Waals surface area contributed by atoms with Crippen molar-refractivity contribution < 1.29 is 4.79 Å². The first-order chi connectivity index (χ1) is 7.49. The third kappa shape index (κ3) is 4.39. The normalized spacial score (nSPS) is 18.4. The van der Waals surface area contributed by atoms with Gasteiger partial charge in [0.25, 0.3) is 0 Å². The Morgan fingerprint density at radius 2 is 2.00 bits per heavy atom. The maximum absolute atomic E-state index is 11.7. The average molecular weight is 227 g/mol. The number of hydrogen-bond acceptors (Lipinski definition) is 2. The van der Waals surface area contributed by atoms with E-state index in [-0.39, 0.29) is 12.1 Å². The molecule has 4 heteroatoms. The summed E-state index contributed by atoms with van der Waals surface area (Å²) in [5, 5.41) is 6.06. The lowest BCUT2D eigenvalue weighted by molar-refractivity contribution is 0.214. The quantitative estimate of drug-likeness (QED) is 0.746. The molecule has 0 aromatic rings. The van der Waals surface area contributed by atoms with Crippen LogP contribution in [0.5, 0.6) is 0 Å². The van der Waals surface area contributed by atoms with Crippen LogP contribution in [0.3, 0.4) is 0 Å². The molecule has 1 fully saturated rings. The first-order valence-electron chi connectivity index (χ1n) is 6.20. The summed E-state index contributed by atoms with van der Waals surface area (Å²) in [6, 6.07) is 0.618. The molecule has 2 amide bonds. The molecule has 1 rings (SSSR count). The van der Waals surface area contributed by atoms with Gasteiger partial charge in [-0.25, -0.2) is 4.79 Å². The fourth-order valence-electron chi connectivity index (χ4n) is 1.76. The van der Waals surface area contributed by atoms with Crippen molar-refractivity contribution in [2.75, 3.05) is 20.6 Å². The van der Waals surface area contributed by atoms with Crippen LogP contribution in [0.1, 0.15) is 33.1 Å². The van der Waals surface area contributed by atoms with Crippen molar-refractivity contribution >= 4 is 6.03 Å². The molecule has 16 heavy (non-hydrogen) atoms. The van der Waals surface area contributed by atoms with Gasteiger partial charge in [0, 0.05) is 18.6 Å². The summed E-state index contributed by atoms with van der Waals surface area (Å²) in [5.74, 6) is 0.453. The Bertz CT molecular complexity index is 224. The number of nitrogens with one attached hydrogen (secondary N) is 2. The van der Waals surface area contributed by atoms with Crippen LogP contribution in [0.2, 0.25) is 0 Å². The molecule has 94 valence electrons. The van der Waals surface area contributed by atoms with Gasteiger partial charge in [0.2, 0.25) is 0 Å². The van der Waals surface area contributed by atoms with Crippen LogP contribution < -0.4 is 10.6 Å². The number of amides is 2. The average Bonchev–Trinajstić information content (AvgIpc) is 2.09. The third-order valence-electron chi connectivity index (χ3n) is 3.12. The Morgan fingerprint density at radius 3 is 2.38 bits per heavy atom. The van der Waals surface area contributed by atoms with Gasteiger partial charge >= 0.3 is 6.03 Å². The Balaban J connectivity index is 2.31. The lowest BCUT2D eigenvalue weighted by atomic mass is 9.93. The summed E-state index contributed by atoms with van der Waals surface area (Å²) in [6.45, 7) is 5.16. The number of urea groups is 1. The van der Waals surface area contributed by atoms with Crippen molar-refractivity contribution in [1.29, 1.82) is 0 Å². The highest BCUT2D eigenvalue weighted by Crippen LogP contribution is 2.17. The minimum absolute atomic E-state index is 0.00903. The summed E-state index contributed by atoms with van der Waals surface area (Å²) in [6.07, 6.45) is 3.51. The van der Waals surface area contributed by atoms with E-state index < -0.39 is 0 Å². The molecule has 0 aromatic carbocycles. The van der Waals surface area contributed by atoms with Crippen LogP contribution >= 0.6 is 0 Å². The molecule has 2 N–H and O–H groups in total. The number of carbonyl (C=O) groups is 1. The molecule has 0 saturated heterocycles. The maximum atomic E-state index is 11.7. The van der Waals surface area contributed by atoms with Crippen LogP contribution in [-0.4, -0.2) is 43.7 Å². The summed E-state index contributed by atoms with van der Waals surface area (Å²) >= 11 is 0. The molecular weight excluding hydrogens is 202 g/mol. The zero-order valence-electron chi connectivity index (χ0n) is 10.9. The maximum Gasteiger partial charge on any atom is 0.315 e. The standard InChI is InChI=1S/C12H25N3O/c1-9(2)11(8-15(3)4)14-12(16)13-10-6-5-7-10/h9-11H,5-8H2,1-4H3,(H2,13,14,16). The third-order valence-corrected chi connectivity index (χ3v) is 3.12. The zero-order chi connectivity index (χ0) is 12.1. The van der Waals surface area contributed by atoms with E-state index in [0.717, 1.165) is 19.4 Å². The number of carbonyl (C=O) groups excluding carboxylic acids is 1. The second kappa shape index (κ2) is 6.09. The van der Waals surface area contributed by atoms with E-state index in [9.17, 15) is 4.79 Å². The molecule has 1 saturated carbocycles. The molecule has 0 heterocycles. The van der Waals surface area contributed by atoms with Crippen molar-refractivity contribution in [3.8, 4) is 0 Å². The van der Waals surface area contributed by atoms with Crippen molar-refractivity contribution in [2.45, 2.75) is 45.2 Å². The van der Waals surface area contributed by atoms with Crippen LogP contribution in [0.4, 0.5) is 4.79 Å². The number of likely N-dealkylation sites (N-methyl/N-ethyl adjacent to an activating group) is 1. The summed E-state index contributed by atoms with van der Waals surface area (Å²) < 4.78 is 0. The molecule has 1 aliphatic carbocycles. The minimum atomic E-state index is -0.00903. The van der Waals surface area contributed by atoms with E-state index in [0.29, 0.717) is 12.0 Å². The lowest BCUT2D eigenvalue weighted by Gasteiger charge is -2.30. The van der Waals surface area contributed by atoms with Crippen LogP contribution in [0.25, 0.3) is 0 Å². The predicted octanol–water partition coefficient (Wildman–Crippen LogP) is 1.42. The molecule has 4 nitrogen and oxygen atoms in total. The number of nitrogens with zero attached hydrogens (tertiary/aromatic N) is 1. The van der Waals surface area contributed by atoms with Crippen LogP contribution in [0.15, 0.2) is 0 Å². The Labute approximate surface area is 98.8 Å². The largest absolute Gasteiger partial charge is 0.335 e. The van der Waals surface area contributed by atoms with E-state index in [1.165, 1.54) is 6.42 Å². The molecule has 0 aliphatic heterocycles. The fraction of sp³-hybridized carbons (Fsp3) is 0.917. The SMILES string of the molecule is CC(C)C(CN(C)C)NC(=O)NC1CCC1. The van der Waals surface area contributed by atoms with E-state index >= 15 is 0 Å². The van der Waals surface area contributed by atoms with E-state index in [1.807, 2.05) is 14.1 Å². The number of rotatable bonds is 5. The predicted molar refractivity (Wildman–Crippen MR) is 66.5 cm³/mol. The van der Waals surface area contributed by atoms with E-state index in [4.69, 9.17) is 0 Å². The highest BCUT2D eigenvalue weighted by atomic mass is 16.2. The summed E-state index contributed by atoms with van der Waals surface area (Å²) in [4.78, 5) is 13.8. The van der Waals surface area contributed by atoms with Gasteiger partial charge in [-0.1, -0.05) is 13.8 Å². The van der Waals surface area contributed by atoms with Crippen LogP contribution in [0, 0.1) is 5.92 Å². The second-order valence-corrected chi connectivity index (χ2v) is 5.36. The lowest BCUT2D eigenvalue weighted by Crippen LogP contribution is -2.52. The Hall–Kier alpha value is -0.770. The molecule has 1 atom stereocenters. The first kappa shape index (κ1) is 13.3. The van der Waals surface area contributed by atoms with Gasteiger partial charge in [-0.05, 0) is 39.3 Å². The topological polar surface area (TPSA) is 44.4 Å². The minimum Gasteiger partial charge on any atom is -0.335 e. The summed E-state index contributed by atoms with van der Waals surface area (Å²) in [7, 11) is 4.06. The van der Waals surface area contributed by atoms with Gasteiger partial charge < -0.3 is 15.5 Å². The number of hydrogen-bond donors (Lipinski definition) is 2. The van der Waals surface area contributed by atoms with Gasteiger partial charge in [-0.2, -0.15) is 0 Å². The summed E-state index contributed by atoms with van der Waals surface area (Å²) in [5.41, 5.74) is 0. The molecule has 0 spiro atoms. The van der Waals surface area contributed by atoms with Crippen molar-refractivity contribution in [2.24, 2.45) is 5.92 Å².